The van der Waals surface area contributed by atoms with Crippen LogP contribution in [0.3, 0.4) is 0 Å². The lowest BCUT2D eigenvalue weighted by Gasteiger charge is -2.30. The topological polar surface area (TPSA) is 55.5 Å². The van der Waals surface area contributed by atoms with Crippen LogP contribution in [0.1, 0.15) is 36.4 Å². The van der Waals surface area contributed by atoms with Crippen LogP contribution in [0.2, 0.25) is 0 Å². The van der Waals surface area contributed by atoms with E-state index in [4.69, 9.17) is 4.42 Å². The second-order valence-electron chi connectivity index (χ2n) is 7.21. The molecule has 1 amide bonds. The molecule has 26 heavy (non-hydrogen) atoms. The molecule has 1 fully saturated rings. The highest BCUT2D eigenvalue weighted by molar-refractivity contribution is 5.80. The Morgan fingerprint density at radius 2 is 1.85 bits per heavy atom. The zero-order chi connectivity index (χ0) is 17.7. The minimum Gasteiger partial charge on any atom is -0.408 e. The smallest absolute Gasteiger partial charge is 0.408 e. The van der Waals surface area contributed by atoms with Crippen LogP contribution in [-0.2, 0) is 17.8 Å². The van der Waals surface area contributed by atoms with Gasteiger partial charge in [0.2, 0.25) is 5.91 Å². The fourth-order valence-corrected chi connectivity index (χ4v) is 4.19. The molecule has 2 aliphatic carbocycles. The number of carbonyl (C=O) groups is 1. The Hall–Kier alpha value is -2.82. The molecule has 1 aromatic heterocycles. The molecule has 3 aromatic rings. The lowest BCUT2D eigenvalue weighted by molar-refractivity contribution is -0.135. The van der Waals surface area contributed by atoms with Crippen molar-refractivity contribution < 1.29 is 9.21 Å². The predicted octanol–water partition coefficient (Wildman–Crippen LogP) is 3.27. The third kappa shape index (κ3) is 2.46. The molecule has 0 saturated heterocycles. The first-order chi connectivity index (χ1) is 12.7. The molecule has 5 nitrogen and oxygen atoms in total. The summed E-state index contributed by atoms with van der Waals surface area (Å²) < 4.78 is 6.73. The number of nitrogens with zero attached hydrogens (tertiary/aromatic N) is 2. The molecule has 0 radical (unpaired) electrons. The number of hydrogen-bond acceptors (Lipinski definition) is 3. The Bertz CT molecular complexity index is 1040. The van der Waals surface area contributed by atoms with Crippen molar-refractivity contribution in [1.82, 2.24) is 9.47 Å². The van der Waals surface area contributed by atoms with Crippen molar-refractivity contribution in [3.05, 3.63) is 70.2 Å². The fourth-order valence-electron chi connectivity index (χ4n) is 4.19. The van der Waals surface area contributed by atoms with Gasteiger partial charge in [0.05, 0.1) is 11.6 Å². The largest absolute Gasteiger partial charge is 0.420 e. The number of benzene rings is 2. The van der Waals surface area contributed by atoms with Crippen LogP contribution in [0.15, 0.2) is 57.7 Å². The Morgan fingerprint density at radius 1 is 1.08 bits per heavy atom. The monoisotopic (exact) mass is 348 g/mol. The summed E-state index contributed by atoms with van der Waals surface area (Å²) in [7, 11) is 0. The first kappa shape index (κ1) is 15.4. The molecule has 0 N–H and O–H groups in total. The van der Waals surface area contributed by atoms with Crippen LogP contribution in [0.4, 0.5) is 0 Å². The van der Waals surface area contributed by atoms with E-state index in [2.05, 4.69) is 18.2 Å². The third-order valence-corrected chi connectivity index (χ3v) is 5.53. The molecule has 1 atom stereocenters. The number of fused-ring (bicyclic) bond motifs is 2. The summed E-state index contributed by atoms with van der Waals surface area (Å²) in [6.45, 7) is 0.0328. The Balaban J connectivity index is 1.48. The Morgan fingerprint density at radius 3 is 2.69 bits per heavy atom. The van der Waals surface area contributed by atoms with Crippen molar-refractivity contribution in [3.63, 3.8) is 0 Å². The molecular weight excluding hydrogens is 328 g/mol. The van der Waals surface area contributed by atoms with Crippen LogP contribution < -0.4 is 5.76 Å². The van der Waals surface area contributed by atoms with Gasteiger partial charge in [0, 0.05) is 6.04 Å². The van der Waals surface area contributed by atoms with Crippen molar-refractivity contribution in [2.75, 3.05) is 0 Å². The van der Waals surface area contributed by atoms with Gasteiger partial charge < -0.3 is 9.32 Å². The van der Waals surface area contributed by atoms with Crippen LogP contribution in [0.5, 0.6) is 0 Å². The van der Waals surface area contributed by atoms with E-state index in [-0.39, 0.29) is 18.5 Å². The summed E-state index contributed by atoms with van der Waals surface area (Å²) in [5, 5.41) is 0. The van der Waals surface area contributed by atoms with E-state index in [0.717, 1.165) is 25.7 Å². The molecule has 5 heteroatoms. The minimum atomic E-state index is -0.470. The summed E-state index contributed by atoms with van der Waals surface area (Å²) in [5.74, 6) is -0.468. The summed E-state index contributed by atoms with van der Waals surface area (Å²) >= 11 is 0. The molecule has 5 rings (SSSR count). The molecule has 2 aromatic carbocycles. The van der Waals surface area contributed by atoms with Crippen molar-refractivity contribution in [1.29, 1.82) is 0 Å². The van der Waals surface area contributed by atoms with Gasteiger partial charge in [-0.3, -0.25) is 9.36 Å². The standard InChI is InChI=1S/C21H20N2O3/c24-20(13-22-18-7-3-4-8-19(18)26-21(22)25)23(15-10-11-15)17-12-9-14-5-1-2-6-16(14)17/h1-8,15,17H,9-13H2/t17-/m1/s1. The van der Waals surface area contributed by atoms with Crippen LogP contribution in [-0.4, -0.2) is 21.4 Å². The molecule has 1 heterocycles. The van der Waals surface area contributed by atoms with Crippen LogP contribution >= 0.6 is 0 Å². The number of para-hydroxylation sites is 2. The van der Waals surface area contributed by atoms with Crippen LogP contribution in [0, 0.1) is 0 Å². The zero-order valence-electron chi connectivity index (χ0n) is 14.4. The van der Waals surface area contributed by atoms with Crippen molar-refractivity contribution in [3.8, 4) is 0 Å². The molecule has 132 valence electrons. The average Bonchev–Trinajstić information content (AvgIpc) is 3.32. The van der Waals surface area contributed by atoms with E-state index in [1.165, 1.54) is 15.7 Å². The van der Waals surface area contributed by atoms with Gasteiger partial charge in [-0.1, -0.05) is 36.4 Å². The van der Waals surface area contributed by atoms with Crippen LogP contribution in [0.25, 0.3) is 11.1 Å². The maximum atomic E-state index is 13.2. The number of hydrogen-bond donors (Lipinski definition) is 0. The number of amides is 1. The van der Waals surface area contributed by atoms with E-state index in [0.29, 0.717) is 17.1 Å². The summed E-state index contributed by atoms with van der Waals surface area (Å²) in [4.78, 5) is 27.5. The van der Waals surface area contributed by atoms with Crippen molar-refractivity contribution >= 4 is 17.0 Å². The number of carbonyl (C=O) groups excluding carboxylic acids is 1. The quantitative estimate of drug-likeness (QED) is 0.727. The molecule has 1 saturated carbocycles. The predicted molar refractivity (Wildman–Crippen MR) is 97.8 cm³/mol. The van der Waals surface area contributed by atoms with E-state index >= 15 is 0 Å². The van der Waals surface area contributed by atoms with Crippen molar-refractivity contribution in [2.24, 2.45) is 0 Å². The molecule has 0 bridgehead atoms. The Labute approximate surface area is 150 Å². The van der Waals surface area contributed by atoms with E-state index < -0.39 is 5.76 Å². The normalized spacial score (nSPS) is 18.8. The molecular formula is C21H20N2O3. The number of oxazole rings is 1. The number of rotatable bonds is 4. The lowest BCUT2D eigenvalue weighted by Crippen LogP contribution is -2.39. The minimum absolute atomic E-state index is 0.00264. The Kier molecular flexibility index (Phi) is 3.48. The van der Waals surface area contributed by atoms with Gasteiger partial charge >= 0.3 is 5.76 Å². The molecule has 0 spiro atoms. The zero-order valence-corrected chi connectivity index (χ0v) is 14.4. The van der Waals surface area contributed by atoms with Gasteiger partial charge in [0.1, 0.15) is 6.54 Å². The van der Waals surface area contributed by atoms with Gasteiger partial charge in [0.15, 0.2) is 5.58 Å². The van der Waals surface area contributed by atoms with Gasteiger partial charge in [-0.15, -0.1) is 0 Å². The molecule has 0 aliphatic heterocycles. The van der Waals surface area contributed by atoms with Gasteiger partial charge in [0.25, 0.3) is 0 Å². The van der Waals surface area contributed by atoms with Crippen molar-refractivity contribution in [2.45, 2.75) is 44.3 Å². The van der Waals surface area contributed by atoms with E-state index in [1.807, 2.05) is 29.2 Å². The fraction of sp³-hybridized carbons (Fsp3) is 0.333. The second-order valence-corrected chi connectivity index (χ2v) is 7.21. The number of aromatic nitrogens is 1. The highest BCUT2D eigenvalue weighted by Crippen LogP contribution is 2.41. The first-order valence-corrected chi connectivity index (χ1v) is 9.20. The van der Waals surface area contributed by atoms with E-state index in [9.17, 15) is 9.59 Å². The first-order valence-electron chi connectivity index (χ1n) is 9.20. The summed E-state index contributed by atoms with van der Waals surface area (Å²) in [5.41, 5.74) is 3.79. The summed E-state index contributed by atoms with van der Waals surface area (Å²) in [6, 6.07) is 16.1. The second kappa shape index (κ2) is 5.87. The highest BCUT2D eigenvalue weighted by atomic mass is 16.4. The molecule has 2 aliphatic rings. The SMILES string of the molecule is O=C(Cn1c(=O)oc2ccccc21)N(C1CC1)[C@@H]1CCc2ccccc21. The number of aryl methyl sites for hydroxylation is 1. The lowest BCUT2D eigenvalue weighted by atomic mass is 10.1. The third-order valence-electron chi connectivity index (χ3n) is 5.53. The maximum Gasteiger partial charge on any atom is 0.420 e. The molecule has 0 unspecified atom stereocenters. The highest BCUT2D eigenvalue weighted by Gasteiger charge is 2.40. The van der Waals surface area contributed by atoms with Gasteiger partial charge in [-0.2, -0.15) is 0 Å². The van der Waals surface area contributed by atoms with Gasteiger partial charge in [-0.25, -0.2) is 4.79 Å². The maximum absolute atomic E-state index is 13.2. The van der Waals surface area contributed by atoms with E-state index in [1.54, 1.807) is 6.07 Å². The summed E-state index contributed by atoms with van der Waals surface area (Å²) in [6.07, 6.45) is 4.06. The van der Waals surface area contributed by atoms with Gasteiger partial charge in [-0.05, 0) is 48.9 Å². The average molecular weight is 348 g/mol.